The zero-order valence-corrected chi connectivity index (χ0v) is 18.5. The Morgan fingerprint density at radius 3 is 2.45 bits per heavy atom. The number of nitrogens with zero attached hydrogens (tertiary/aromatic N) is 2. The van der Waals surface area contributed by atoms with Gasteiger partial charge in [0, 0.05) is 6.42 Å². The second kappa shape index (κ2) is 10.9. The first kappa shape index (κ1) is 24.2. The maximum absolute atomic E-state index is 12.6. The molecule has 2 aromatic carbocycles. The molecule has 0 saturated heterocycles. The molecule has 5 N–H and O–H groups in total. The Hall–Kier alpha value is -3.44. The molecule has 2 aromatic heterocycles. The predicted molar refractivity (Wildman–Crippen MR) is 123 cm³/mol. The summed E-state index contributed by atoms with van der Waals surface area (Å²) in [6.07, 6.45) is -2.28. The van der Waals surface area contributed by atoms with Gasteiger partial charge in [0.05, 0.1) is 11.9 Å². The van der Waals surface area contributed by atoms with E-state index in [0.29, 0.717) is 21.6 Å². The van der Waals surface area contributed by atoms with E-state index in [1.807, 2.05) is 37.4 Å². The van der Waals surface area contributed by atoms with Crippen LogP contribution in [0, 0.1) is 4.64 Å². The summed E-state index contributed by atoms with van der Waals surface area (Å²) in [7, 11) is 1.85. The third-order valence-corrected chi connectivity index (χ3v) is 4.91. The zero-order chi connectivity index (χ0) is 23.8. The number of nitrogen functional groups attached to an aromatic ring is 1. The molecule has 0 radical (unpaired) electrons. The number of imidazole rings is 1. The number of fused-ring (bicyclic) bond motifs is 1. The van der Waals surface area contributed by atoms with E-state index >= 15 is 0 Å². The van der Waals surface area contributed by atoms with Crippen molar-refractivity contribution in [1.29, 1.82) is 0 Å². The minimum atomic E-state index is -4.33. The molecule has 11 heteroatoms. The highest BCUT2D eigenvalue weighted by Gasteiger charge is 2.30. The highest BCUT2D eigenvalue weighted by Crippen LogP contribution is 2.31. The number of aromatic amines is 2. The molecule has 4 aromatic rings. The van der Waals surface area contributed by atoms with Gasteiger partial charge in [-0.25, -0.2) is 4.98 Å². The van der Waals surface area contributed by atoms with Crippen LogP contribution in [0.5, 0.6) is 5.75 Å². The Balaban J connectivity index is 0.000000231. The molecule has 4 rings (SSSR count). The van der Waals surface area contributed by atoms with Crippen LogP contribution in [0.4, 0.5) is 19.1 Å². The van der Waals surface area contributed by atoms with Gasteiger partial charge < -0.3 is 25.8 Å². The van der Waals surface area contributed by atoms with Crippen LogP contribution in [-0.4, -0.2) is 33.5 Å². The first-order valence-corrected chi connectivity index (χ1v) is 10.4. The smallest absolute Gasteiger partial charge is 0.416 e. The monoisotopic (exact) mass is 476 g/mol. The Labute approximate surface area is 193 Å². The molecule has 0 amide bonds. The van der Waals surface area contributed by atoms with Crippen LogP contribution in [0.2, 0.25) is 0 Å². The maximum Gasteiger partial charge on any atom is 0.416 e. The summed E-state index contributed by atoms with van der Waals surface area (Å²) in [4.78, 5) is 13.4. The largest absolute Gasteiger partial charge is 0.486 e. The number of hydrogen-bond donors (Lipinski definition) is 4. The third-order valence-electron chi connectivity index (χ3n) is 4.60. The van der Waals surface area contributed by atoms with Crippen molar-refractivity contribution in [2.24, 2.45) is 0 Å². The van der Waals surface area contributed by atoms with Crippen molar-refractivity contribution < 1.29 is 17.9 Å². The van der Waals surface area contributed by atoms with Crippen molar-refractivity contribution >= 4 is 29.3 Å². The van der Waals surface area contributed by atoms with Crippen molar-refractivity contribution in [1.82, 2.24) is 25.3 Å². The van der Waals surface area contributed by atoms with Gasteiger partial charge in [0.1, 0.15) is 22.0 Å². The summed E-state index contributed by atoms with van der Waals surface area (Å²) < 4.78 is 44.1. The lowest BCUT2D eigenvalue weighted by Gasteiger charge is -2.20. The second-order valence-corrected chi connectivity index (χ2v) is 7.39. The van der Waals surface area contributed by atoms with E-state index in [-0.39, 0.29) is 12.1 Å². The van der Waals surface area contributed by atoms with Crippen LogP contribution < -0.4 is 15.8 Å². The Morgan fingerprint density at radius 1 is 1.12 bits per heavy atom. The van der Waals surface area contributed by atoms with Gasteiger partial charge in [-0.3, -0.25) is 0 Å². The quantitative estimate of drug-likeness (QED) is 0.291. The molecule has 174 valence electrons. The SMILES string of the molecule is CNCCC(Oc1ccc(C(F)(F)F)cc1)c1ccccc1.Nc1nc2nc[nH]c2c(=S)[nH]1. The molecule has 1 atom stereocenters. The second-order valence-electron chi connectivity index (χ2n) is 6.98. The number of nitrogens with two attached hydrogens (primary N) is 1. The molecule has 0 aliphatic rings. The topological polar surface area (TPSA) is 105 Å². The first-order chi connectivity index (χ1) is 15.8. The van der Waals surface area contributed by atoms with Crippen molar-refractivity contribution in [3.63, 3.8) is 0 Å². The van der Waals surface area contributed by atoms with Crippen LogP contribution >= 0.6 is 12.2 Å². The van der Waals surface area contributed by atoms with Gasteiger partial charge in [-0.15, -0.1) is 0 Å². The van der Waals surface area contributed by atoms with Crippen molar-refractivity contribution in [3.05, 3.63) is 76.7 Å². The average Bonchev–Trinajstić information content (AvgIpc) is 3.26. The van der Waals surface area contributed by atoms with Gasteiger partial charge in [-0.1, -0.05) is 42.5 Å². The maximum atomic E-state index is 12.6. The lowest BCUT2D eigenvalue weighted by molar-refractivity contribution is -0.137. The van der Waals surface area contributed by atoms with E-state index in [2.05, 4.69) is 25.3 Å². The predicted octanol–water partition coefficient (Wildman–Crippen LogP) is 5.03. The van der Waals surface area contributed by atoms with Gasteiger partial charge in [-0.2, -0.15) is 18.2 Å². The lowest BCUT2D eigenvalue weighted by atomic mass is 10.1. The number of H-pyrrole nitrogens is 2. The first-order valence-electron chi connectivity index (χ1n) is 10.00. The van der Waals surface area contributed by atoms with Crippen LogP contribution in [0.15, 0.2) is 60.9 Å². The Kier molecular flexibility index (Phi) is 8.01. The standard InChI is InChI=1S/C17H18F3NO.C5H5N5S/c1-21-12-11-16(13-5-3-2-4-6-13)22-15-9-7-14(8-10-15)17(18,19)20;6-5-9-3-2(4(11)10-5)7-1-8-3/h2-10,16,21H,11-12H2,1H3;1H,(H4,6,7,8,9,10,11). The van der Waals surface area contributed by atoms with Crippen LogP contribution in [-0.2, 0) is 6.18 Å². The third kappa shape index (κ3) is 6.77. The molecular formula is C22H23F3N6OS. The number of halogens is 3. The fourth-order valence-electron chi connectivity index (χ4n) is 2.98. The van der Waals surface area contributed by atoms with Crippen LogP contribution in [0.25, 0.3) is 11.2 Å². The van der Waals surface area contributed by atoms with E-state index in [9.17, 15) is 13.2 Å². The molecule has 0 bridgehead atoms. The minimum Gasteiger partial charge on any atom is -0.486 e. The van der Waals surface area contributed by atoms with Gasteiger partial charge >= 0.3 is 6.18 Å². The number of hydrogen-bond acceptors (Lipinski definition) is 6. The molecule has 33 heavy (non-hydrogen) atoms. The summed E-state index contributed by atoms with van der Waals surface area (Å²) in [5, 5.41) is 3.05. The number of alkyl halides is 3. The van der Waals surface area contributed by atoms with E-state index in [4.69, 9.17) is 22.7 Å². The summed E-state index contributed by atoms with van der Waals surface area (Å²) in [5.74, 6) is 0.715. The molecule has 2 heterocycles. The number of benzene rings is 2. The van der Waals surface area contributed by atoms with Crippen molar-refractivity contribution in [2.75, 3.05) is 19.3 Å². The fraction of sp³-hybridized carbons (Fsp3) is 0.227. The molecule has 7 nitrogen and oxygen atoms in total. The molecule has 0 aliphatic carbocycles. The number of rotatable bonds is 6. The van der Waals surface area contributed by atoms with Crippen LogP contribution in [0.1, 0.15) is 23.7 Å². The number of aromatic nitrogens is 4. The summed E-state index contributed by atoms with van der Waals surface area (Å²) in [5.41, 5.74) is 6.98. The van der Waals surface area contributed by atoms with E-state index in [1.165, 1.54) is 18.5 Å². The summed E-state index contributed by atoms with van der Waals surface area (Å²) in [6.45, 7) is 0.750. The summed E-state index contributed by atoms with van der Waals surface area (Å²) in [6, 6.07) is 14.4. The number of nitrogens with one attached hydrogen (secondary N) is 3. The van der Waals surface area contributed by atoms with Gasteiger partial charge in [0.25, 0.3) is 0 Å². The van der Waals surface area contributed by atoms with E-state index in [1.54, 1.807) is 0 Å². The molecular weight excluding hydrogens is 453 g/mol. The fourth-order valence-corrected chi connectivity index (χ4v) is 3.24. The van der Waals surface area contributed by atoms with Gasteiger partial charge in [-0.05, 0) is 43.4 Å². The normalized spacial score (nSPS) is 12.1. The number of ether oxygens (including phenoxy) is 1. The van der Waals surface area contributed by atoms with Crippen LogP contribution in [0.3, 0.4) is 0 Å². The van der Waals surface area contributed by atoms with Crippen molar-refractivity contribution in [3.8, 4) is 5.75 Å². The molecule has 0 spiro atoms. The minimum absolute atomic E-state index is 0.203. The molecule has 0 saturated carbocycles. The lowest BCUT2D eigenvalue weighted by Crippen LogP contribution is -2.16. The van der Waals surface area contributed by atoms with Gasteiger partial charge in [0.2, 0.25) is 5.95 Å². The molecule has 0 fully saturated rings. The van der Waals surface area contributed by atoms with E-state index < -0.39 is 11.7 Å². The zero-order valence-electron chi connectivity index (χ0n) is 17.7. The average molecular weight is 477 g/mol. The van der Waals surface area contributed by atoms with Gasteiger partial charge in [0.15, 0.2) is 5.65 Å². The Morgan fingerprint density at radius 2 is 1.82 bits per heavy atom. The molecule has 1 unspecified atom stereocenters. The highest BCUT2D eigenvalue weighted by atomic mass is 32.1. The van der Waals surface area contributed by atoms with Crippen molar-refractivity contribution in [2.45, 2.75) is 18.7 Å². The summed E-state index contributed by atoms with van der Waals surface area (Å²) >= 11 is 4.95. The molecule has 0 aliphatic heterocycles. The Bertz CT molecular complexity index is 1210. The highest BCUT2D eigenvalue weighted by molar-refractivity contribution is 7.71. The number of anilines is 1. The van der Waals surface area contributed by atoms with E-state index in [0.717, 1.165) is 30.7 Å².